The Balaban J connectivity index is 2.07. The van der Waals surface area contributed by atoms with Crippen LogP contribution in [0, 0.1) is 13.8 Å². The zero-order chi connectivity index (χ0) is 14.7. The second-order valence-electron chi connectivity index (χ2n) is 4.53. The highest BCUT2D eigenvalue weighted by Gasteiger charge is 2.06. The number of urea groups is 1. The van der Waals surface area contributed by atoms with Crippen LogP contribution < -0.4 is 10.6 Å². The first kappa shape index (κ1) is 14.7. The Morgan fingerprint density at radius 1 is 0.950 bits per heavy atom. The molecular formula is C15H14Cl2N2O. The molecule has 104 valence electrons. The van der Waals surface area contributed by atoms with Crippen LogP contribution in [0.1, 0.15) is 11.1 Å². The number of hydrogen-bond acceptors (Lipinski definition) is 1. The van der Waals surface area contributed by atoms with Gasteiger partial charge in [0, 0.05) is 11.4 Å². The van der Waals surface area contributed by atoms with Gasteiger partial charge in [0.1, 0.15) is 0 Å². The van der Waals surface area contributed by atoms with Crippen LogP contribution in [0.25, 0.3) is 0 Å². The maximum absolute atomic E-state index is 11.9. The van der Waals surface area contributed by atoms with Gasteiger partial charge in [-0.1, -0.05) is 40.9 Å². The van der Waals surface area contributed by atoms with Crippen LogP contribution in [-0.2, 0) is 0 Å². The number of carbonyl (C=O) groups is 1. The van der Waals surface area contributed by atoms with Gasteiger partial charge >= 0.3 is 6.03 Å². The quantitative estimate of drug-likeness (QED) is 0.781. The second kappa shape index (κ2) is 6.16. The van der Waals surface area contributed by atoms with Crippen molar-refractivity contribution in [3.63, 3.8) is 0 Å². The van der Waals surface area contributed by atoms with E-state index in [1.165, 1.54) is 0 Å². The highest BCUT2D eigenvalue weighted by molar-refractivity contribution is 6.42. The molecule has 0 aliphatic heterocycles. The molecule has 0 unspecified atom stereocenters. The van der Waals surface area contributed by atoms with E-state index in [0.29, 0.717) is 15.7 Å². The fourth-order valence-corrected chi connectivity index (χ4v) is 2.11. The molecule has 0 bridgehead atoms. The molecule has 0 saturated carbocycles. The van der Waals surface area contributed by atoms with Crippen LogP contribution in [0.15, 0.2) is 36.4 Å². The lowest BCUT2D eigenvalue weighted by Crippen LogP contribution is -2.19. The Morgan fingerprint density at radius 3 is 2.35 bits per heavy atom. The summed E-state index contributed by atoms with van der Waals surface area (Å²) in [6, 6.07) is 10.4. The lowest BCUT2D eigenvalue weighted by molar-refractivity contribution is 0.262. The molecule has 0 atom stereocenters. The number of anilines is 2. The standard InChI is InChI=1S/C15H14Cl2N2O/c1-9-3-6-14(10(2)7-9)19-15(20)18-11-4-5-12(16)13(17)8-11/h3-8H,1-2H3,(H2,18,19,20). The van der Waals surface area contributed by atoms with Gasteiger partial charge in [0.2, 0.25) is 0 Å². The van der Waals surface area contributed by atoms with Gasteiger partial charge in [-0.05, 0) is 43.7 Å². The maximum Gasteiger partial charge on any atom is 0.323 e. The molecule has 0 heterocycles. The molecule has 2 amide bonds. The van der Waals surface area contributed by atoms with E-state index in [2.05, 4.69) is 10.6 Å². The monoisotopic (exact) mass is 308 g/mol. The van der Waals surface area contributed by atoms with E-state index in [9.17, 15) is 4.79 Å². The van der Waals surface area contributed by atoms with Gasteiger partial charge < -0.3 is 10.6 Å². The van der Waals surface area contributed by atoms with Gasteiger partial charge in [0.05, 0.1) is 10.0 Å². The van der Waals surface area contributed by atoms with E-state index in [-0.39, 0.29) is 6.03 Å². The van der Waals surface area contributed by atoms with Gasteiger partial charge in [-0.2, -0.15) is 0 Å². The molecule has 2 N–H and O–H groups in total. The third-order valence-corrected chi connectivity index (χ3v) is 3.55. The predicted molar refractivity (Wildman–Crippen MR) is 85.0 cm³/mol. The Hall–Kier alpha value is -1.71. The van der Waals surface area contributed by atoms with Crippen molar-refractivity contribution in [2.24, 2.45) is 0 Å². The minimum Gasteiger partial charge on any atom is -0.308 e. The van der Waals surface area contributed by atoms with Gasteiger partial charge in [-0.3, -0.25) is 0 Å². The van der Waals surface area contributed by atoms with Crippen LogP contribution in [0.3, 0.4) is 0 Å². The number of aryl methyl sites for hydroxylation is 2. The fraction of sp³-hybridized carbons (Fsp3) is 0.133. The summed E-state index contributed by atoms with van der Waals surface area (Å²) in [5.41, 5.74) is 3.52. The van der Waals surface area contributed by atoms with E-state index < -0.39 is 0 Å². The van der Waals surface area contributed by atoms with Crippen LogP contribution in [0.4, 0.5) is 16.2 Å². The maximum atomic E-state index is 11.9. The summed E-state index contributed by atoms with van der Waals surface area (Å²) < 4.78 is 0. The zero-order valence-electron chi connectivity index (χ0n) is 11.1. The van der Waals surface area contributed by atoms with Crippen LogP contribution in [0.5, 0.6) is 0 Å². The number of carbonyl (C=O) groups excluding carboxylic acids is 1. The molecule has 3 nitrogen and oxygen atoms in total. The molecule has 2 rings (SSSR count). The van der Waals surface area contributed by atoms with Gasteiger partial charge in [-0.15, -0.1) is 0 Å². The molecule has 0 aromatic heterocycles. The first-order chi connectivity index (χ1) is 9.45. The summed E-state index contributed by atoms with van der Waals surface area (Å²) in [6.07, 6.45) is 0. The Morgan fingerprint density at radius 2 is 1.70 bits per heavy atom. The molecule has 0 spiro atoms. The first-order valence-electron chi connectivity index (χ1n) is 6.06. The van der Waals surface area contributed by atoms with Gasteiger partial charge in [0.25, 0.3) is 0 Å². The SMILES string of the molecule is Cc1ccc(NC(=O)Nc2ccc(Cl)c(Cl)c2)c(C)c1. The van der Waals surface area contributed by atoms with Crippen molar-refractivity contribution < 1.29 is 4.79 Å². The highest BCUT2D eigenvalue weighted by Crippen LogP contribution is 2.25. The fourth-order valence-electron chi connectivity index (χ4n) is 1.81. The van der Waals surface area contributed by atoms with Crippen molar-refractivity contribution in [2.75, 3.05) is 10.6 Å². The van der Waals surface area contributed by atoms with Crippen LogP contribution in [0.2, 0.25) is 10.0 Å². The van der Waals surface area contributed by atoms with Gasteiger partial charge in [0.15, 0.2) is 0 Å². The summed E-state index contributed by atoms with van der Waals surface area (Å²) in [5.74, 6) is 0. The summed E-state index contributed by atoms with van der Waals surface area (Å²) in [6.45, 7) is 3.95. The molecule has 0 aliphatic carbocycles. The van der Waals surface area contributed by atoms with Crippen molar-refractivity contribution in [1.82, 2.24) is 0 Å². The normalized spacial score (nSPS) is 10.2. The average Bonchev–Trinajstić information content (AvgIpc) is 2.37. The molecular weight excluding hydrogens is 295 g/mol. The summed E-state index contributed by atoms with van der Waals surface area (Å²) in [7, 11) is 0. The first-order valence-corrected chi connectivity index (χ1v) is 6.81. The molecule has 20 heavy (non-hydrogen) atoms. The molecule has 0 saturated heterocycles. The van der Waals surface area contributed by atoms with Crippen molar-refractivity contribution in [2.45, 2.75) is 13.8 Å². The minimum atomic E-state index is -0.324. The predicted octanol–water partition coefficient (Wildman–Crippen LogP) is 5.25. The van der Waals surface area contributed by atoms with E-state index in [0.717, 1.165) is 16.8 Å². The summed E-state index contributed by atoms with van der Waals surface area (Å²) >= 11 is 11.7. The highest BCUT2D eigenvalue weighted by atomic mass is 35.5. The molecule has 0 fully saturated rings. The van der Waals surface area contributed by atoms with Crippen molar-refractivity contribution in [1.29, 1.82) is 0 Å². The molecule has 2 aromatic rings. The Labute approximate surface area is 127 Å². The van der Waals surface area contributed by atoms with Crippen molar-refractivity contribution in [3.8, 4) is 0 Å². The molecule has 0 aliphatic rings. The van der Waals surface area contributed by atoms with E-state index in [1.54, 1.807) is 18.2 Å². The van der Waals surface area contributed by atoms with Crippen LogP contribution >= 0.6 is 23.2 Å². The Kier molecular flexibility index (Phi) is 4.53. The van der Waals surface area contributed by atoms with E-state index in [4.69, 9.17) is 23.2 Å². The third-order valence-electron chi connectivity index (χ3n) is 2.81. The minimum absolute atomic E-state index is 0.324. The number of halogens is 2. The van der Waals surface area contributed by atoms with E-state index in [1.807, 2.05) is 32.0 Å². The molecule has 5 heteroatoms. The van der Waals surface area contributed by atoms with Gasteiger partial charge in [-0.25, -0.2) is 4.79 Å². The molecule has 2 aromatic carbocycles. The zero-order valence-corrected chi connectivity index (χ0v) is 12.6. The number of hydrogen-bond donors (Lipinski definition) is 2. The number of benzene rings is 2. The summed E-state index contributed by atoms with van der Waals surface area (Å²) in [4.78, 5) is 11.9. The molecule has 0 radical (unpaired) electrons. The van der Waals surface area contributed by atoms with Crippen molar-refractivity contribution >= 4 is 40.6 Å². The summed E-state index contributed by atoms with van der Waals surface area (Å²) in [5, 5.41) is 6.35. The van der Waals surface area contributed by atoms with Crippen molar-refractivity contribution in [3.05, 3.63) is 57.6 Å². The lowest BCUT2D eigenvalue weighted by Gasteiger charge is -2.11. The number of rotatable bonds is 2. The lowest BCUT2D eigenvalue weighted by atomic mass is 10.1. The smallest absolute Gasteiger partial charge is 0.308 e. The largest absolute Gasteiger partial charge is 0.323 e. The third kappa shape index (κ3) is 3.65. The second-order valence-corrected chi connectivity index (χ2v) is 5.34. The number of amides is 2. The number of nitrogens with one attached hydrogen (secondary N) is 2. The van der Waals surface area contributed by atoms with Crippen LogP contribution in [-0.4, -0.2) is 6.03 Å². The van der Waals surface area contributed by atoms with E-state index >= 15 is 0 Å². The Bertz CT molecular complexity index is 656. The topological polar surface area (TPSA) is 41.1 Å². The average molecular weight is 309 g/mol.